The van der Waals surface area contributed by atoms with Crippen LogP contribution in [-0.4, -0.2) is 33.4 Å². The van der Waals surface area contributed by atoms with E-state index in [-0.39, 0.29) is 5.04 Å². The minimum atomic E-state index is -1.92. The predicted octanol–water partition coefficient (Wildman–Crippen LogP) is 4.55. The van der Waals surface area contributed by atoms with Gasteiger partial charge in [-0.25, -0.2) is 0 Å². The normalized spacial score (nSPS) is 27.5. The van der Waals surface area contributed by atoms with E-state index in [1.807, 2.05) is 13.3 Å². The molecule has 1 aliphatic carbocycles. The van der Waals surface area contributed by atoms with Gasteiger partial charge in [0.1, 0.15) is 0 Å². The zero-order valence-electron chi connectivity index (χ0n) is 12.5. The highest BCUT2D eigenvalue weighted by Crippen LogP contribution is 2.51. The molecule has 1 aliphatic rings. The highest BCUT2D eigenvalue weighted by Gasteiger charge is 2.42. The van der Waals surface area contributed by atoms with Crippen LogP contribution in [0.5, 0.6) is 0 Å². The Hall–Kier alpha value is 0.407. The fourth-order valence-electron chi connectivity index (χ4n) is 2.18. The minimum absolute atomic E-state index is 0.271. The van der Waals surface area contributed by atoms with Crippen molar-refractivity contribution in [1.29, 1.82) is 0 Å². The van der Waals surface area contributed by atoms with Crippen LogP contribution in [0.4, 0.5) is 0 Å². The standard InChI is InChI=1S/C13H29O2PSi/c1-13(2,3)17(6,7)15-11-8-9-12(10-11)16(4,5)14/h11-12H,8-10H2,1-7H3. The van der Waals surface area contributed by atoms with Crippen molar-refractivity contribution < 1.29 is 8.99 Å². The van der Waals surface area contributed by atoms with Crippen LogP contribution < -0.4 is 0 Å². The Morgan fingerprint density at radius 3 is 2.06 bits per heavy atom. The largest absolute Gasteiger partial charge is 0.414 e. The second-order valence-corrected chi connectivity index (χ2v) is 15.8. The van der Waals surface area contributed by atoms with Crippen molar-refractivity contribution in [2.24, 2.45) is 0 Å². The lowest BCUT2D eigenvalue weighted by atomic mass is 10.2. The molecule has 2 atom stereocenters. The van der Waals surface area contributed by atoms with E-state index in [1.165, 1.54) is 0 Å². The fourth-order valence-corrected chi connectivity index (χ4v) is 5.10. The molecule has 2 unspecified atom stereocenters. The van der Waals surface area contributed by atoms with Crippen molar-refractivity contribution in [3.8, 4) is 0 Å². The molecule has 0 aliphatic heterocycles. The maximum Gasteiger partial charge on any atom is 0.192 e. The number of hydrogen-bond donors (Lipinski definition) is 0. The first-order valence-corrected chi connectivity index (χ1v) is 12.2. The van der Waals surface area contributed by atoms with Gasteiger partial charge >= 0.3 is 0 Å². The molecule has 1 rings (SSSR count). The third-order valence-corrected chi connectivity index (χ3v) is 11.3. The van der Waals surface area contributed by atoms with Gasteiger partial charge in [-0.1, -0.05) is 20.8 Å². The van der Waals surface area contributed by atoms with E-state index >= 15 is 0 Å². The van der Waals surface area contributed by atoms with Gasteiger partial charge in [0.2, 0.25) is 0 Å². The van der Waals surface area contributed by atoms with Crippen molar-refractivity contribution in [1.82, 2.24) is 0 Å². The minimum Gasteiger partial charge on any atom is -0.414 e. The van der Waals surface area contributed by atoms with E-state index in [0.717, 1.165) is 19.3 Å². The summed E-state index contributed by atoms with van der Waals surface area (Å²) >= 11 is 0. The molecule has 1 fully saturated rings. The number of rotatable bonds is 3. The van der Waals surface area contributed by atoms with Gasteiger partial charge in [-0.05, 0) is 50.7 Å². The molecule has 0 amide bonds. The van der Waals surface area contributed by atoms with Gasteiger partial charge in [-0.3, -0.25) is 0 Å². The highest BCUT2D eigenvalue weighted by atomic mass is 31.2. The molecule has 0 N–H and O–H groups in total. The van der Waals surface area contributed by atoms with Crippen molar-refractivity contribution in [3.05, 3.63) is 0 Å². The average Bonchev–Trinajstić information content (AvgIpc) is 2.48. The summed E-state index contributed by atoms with van der Waals surface area (Å²) in [6, 6.07) is 0. The second kappa shape index (κ2) is 4.83. The molecule has 102 valence electrons. The summed E-state index contributed by atoms with van der Waals surface area (Å²) < 4.78 is 18.5. The molecule has 0 aromatic heterocycles. The Kier molecular flexibility index (Phi) is 4.39. The Morgan fingerprint density at radius 2 is 1.71 bits per heavy atom. The monoisotopic (exact) mass is 276 g/mol. The predicted molar refractivity (Wildman–Crippen MR) is 79.2 cm³/mol. The first-order chi connectivity index (χ1) is 7.43. The van der Waals surface area contributed by atoms with Crippen LogP contribution in [0.15, 0.2) is 0 Å². The molecular weight excluding hydrogens is 247 g/mol. The summed E-state index contributed by atoms with van der Waals surface area (Å²) in [4.78, 5) is 0. The van der Waals surface area contributed by atoms with E-state index in [2.05, 4.69) is 33.9 Å². The molecule has 0 saturated heterocycles. The topological polar surface area (TPSA) is 26.3 Å². The maximum absolute atomic E-state index is 12.1. The van der Waals surface area contributed by atoms with Gasteiger partial charge in [0.15, 0.2) is 8.32 Å². The van der Waals surface area contributed by atoms with Crippen molar-refractivity contribution >= 4 is 15.5 Å². The van der Waals surface area contributed by atoms with Crippen molar-refractivity contribution in [2.45, 2.75) is 69.9 Å². The third kappa shape index (κ3) is 3.94. The smallest absolute Gasteiger partial charge is 0.192 e. The van der Waals surface area contributed by atoms with E-state index in [9.17, 15) is 4.57 Å². The third-order valence-electron chi connectivity index (χ3n) is 4.50. The molecule has 0 spiro atoms. The van der Waals surface area contributed by atoms with Gasteiger partial charge < -0.3 is 8.99 Å². The molecule has 0 bridgehead atoms. The van der Waals surface area contributed by atoms with Gasteiger partial charge in [-0.2, -0.15) is 0 Å². The summed E-state index contributed by atoms with van der Waals surface area (Å²) in [6.07, 6.45) is 3.55. The van der Waals surface area contributed by atoms with Gasteiger partial charge in [0, 0.05) is 11.8 Å². The highest BCUT2D eigenvalue weighted by molar-refractivity contribution is 7.63. The lowest BCUT2D eigenvalue weighted by molar-refractivity contribution is 0.188. The van der Waals surface area contributed by atoms with Crippen LogP contribution in [0.3, 0.4) is 0 Å². The Labute approximate surface area is 108 Å². The van der Waals surface area contributed by atoms with Crippen molar-refractivity contribution in [3.63, 3.8) is 0 Å². The quantitative estimate of drug-likeness (QED) is 0.558. The second-order valence-electron chi connectivity index (χ2n) is 7.40. The zero-order valence-corrected chi connectivity index (χ0v) is 14.4. The molecular formula is C13H29O2PSi. The van der Waals surface area contributed by atoms with Crippen LogP contribution in [0.2, 0.25) is 18.1 Å². The first-order valence-electron chi connectivity index (χ1n) is 6.66. The molecule has 0 radical (unpaired) electrons. The van der Waals surface area contributed by atoms with E-state index in [1.54, 1.807) is 0 Å². The van der Waals surface area contributed by atoms with E-state index in [4.69, 9.17) is 4.43 Å². The molecule has 0 aromatic rings. The van der Waals surface area contributed by atoms with E-state index in [0.29, 0.717) is 11.8 Å². The van der Waals surface area contributed by atoms with Crippen LogP contribution in [-0.2, 0) is 8.99 Å². The van der Waals surface area contributed by atoms with Crippen LogP contribution in [0, 0.1) is 0 Å². The Bertz CT molecular complexity index is 314. The summed E-state index contributed by atoms with van der Waals surface area (Å²) in [5.74, 6) is 0. The van der Waals surface area contributed by atoms with Crippen LogP contribution >= 0.6 is 7.14 Å². The van der Waals surface area contributed by atoms with Crippen LogP contribution in [0.25, 0.3) is 0 Å². The van der Waals surface area contributed by atoms with Crippen molar-refractivity contribution in [2.75, 3.05) is 13.3 Å². The molecule has 2 nitrogen and oxygen atoms in total. The number of hydrogen-bond acceptors (Lipinski definition) is 2. The molecule has 0 heterocycles. The van der Waals surface area contributed by atoms with Gasteiger partial charge in [-0.15, -0.1) is 0 Å². The fraction of sp³-hybridized carbons (Fsp3) is 1.00. The van der Waals surface area contributed by atoms with Gasteiger partial charge in [0.25, 0.3) is 0 Å². The summed E-state index contributed by atoms with van der Waals surface area (Å²) in [6.45, 7) is 15.3. The lowest BCUT2D eigenvalue weighted by Gasteiger charge is -2.38. The lowest BCUT2D eigenvalue weighted by Crippen LogP contribution is -2.43. The molecule has 17 heavy (non-hydrogen) atoms. The first kappa shape index (κ1) is 15.5. The Morgan fingerprint density at radius 1 is 1.18 bits per heavy atom. The van der Waals surface area contributed by atoms with E-state index < -0.39 is 15.5 Å². The average molecular weight is 276 g/mol. The summed E-state index contributed by atoms with van der Waals surface area (Å²) in [5.41, 5.74) is 0.400. The summed E-state index contributed by atoms with van der Waals surface area (Å²) in [5, 5.41) is 0.271. The zero-order chi connectivity index (χ0) is 13.5. The van der Waals surface area contributed by atoms with Gasteiger partial charge in [0.05, 0.1) is 7.14 Å². The van der Waals surface area contributed by atoms with Crippen LogP contribution in [0.1, 0.15) is 40.0 Å². The Balaban J connectivity index is 2.60. The molecule has 1 saturated carbocycles. The molecule has 4 heteroatoms. The summed E-state index contributed by atoms with van der Waals surface area (Å²) in [7, 11) is -3.57. The molecule has 0 aromatic carbocycles. The maximum atomic E-state index is 12.1. The SMILES string of the molecule is CC(C)(C)[Si](C)(C)OC1CCC(P(C)(C)=O)C1.